The van der Waals surface area contributed by atoms with E-state index in [0.717, 1.165) is 22.5 Å². The number of thiophene rings is 1. The first-order valence-electron chi connectivity index (χ1n) is 9.03. The zero-order valence-corrected chi connectivity index (χ0v) is 17.5. The Hall–Kier alpha value is -3.23. The molecule has 0 atom stereocenters. The van der Waals surface area contributed by atoms with Crippen LogP contribution in [0.15, 0.2) is 48.8 Å². The second kappa shape index (κ2) is 8.64. The van der Waals surface area contributed by atoms with Crippen molar-refractivity contribution in [3.63, 3.8) is 0 Å². The molecule has 152 valence electrons. The predicted octanol–water partition coefficient (Wildman–Crippen LogP) is 4.95. The Labute approximate surface area is 181 Å². The molecule has 1 aromatic carbocycles. The van der Waals surface area contributed by atoms with E-state index in [1.165, 1.54) is 0 Å². The summed E-state index contributed by atoms with van der Waals surface area (Å²) in [6.45, 7) is 2.24. The van der Waals surface area contributed by atoms with Gasteiger partial charge in [-0.3, -0.25) is 4.98 Å². The van der Waals surface area contributed by atoms with E-state index < -0.39 is 5.97 Å². The number of aromatic carboxylic acids is 1. The standard InChI is InChI=1S/C21H17ClN4O3S/c1-12-16-19(24-9-13-4-2-6-15(8-13)29-11-22)25-18(14-5-3-7-23-10-14)26-20(16)30-17(12)21(27)28/h2-8,10H,9,11H2,1H3,(H,27,28)(H,24,25,26). The lowest BCUT2D eigenvalue weighted by molar-refractivity contribution is 0.0701. The van der Waals surface area contributed by atoms with Gasteiger partial charge in [0.05, 0.1) is 5.39 Å². The Kier molecular flexibility index (Phi) is 5.78. The first kappa shape index (κ1) is 20.1. The quantitative estimate of drug-likeness (QED) is 0.392. The summed E-state index contributed by atoms with van der Waals surface area (Å²) in [5, 5.41) is 13.6. The lowest BCUT2D eigenvalue weighted by Gasteiger charge is -2.11. The zero-order valence-electron chi connectivity index (χ0n) is 15.9. The number of carboxylic acids is 1. The summed E-state index contributed by atoms with van der Waals surface area (Å²) in [7, 11) is 0. The van der Waals surface area contributed by atoms with Gasteiger partial charge in [-0.2, -0.15) is 0 Å². The second-order valence-corrected chi connectivity index (χ2v) is 7.65. The average molecular weight is 441 g/mol. The van der Waals surface area contributed by atoms with Crippen molar-refractivity contribution in [1.29, 1.82) is 0 Å². The van der Waals surface area contributed by atoms with E-state index in [9.17, 15) is 9.90 Å². The summed E-state index contributed by atoms with van der Waals surface area (Å²) in [4.78, 5) is 25.9. The van der Waals surface area contributed by atoms with Gasteiger partial charge in [-0.1, -0.05) is 23.7 Å². The molecule has 0 bridgehead atoms. The van der Waals surface area contributed by atoms with Crippen LogP contribution >= 0.6 is 22.9 Å². The molecule has 4 aromatic rings. The lowest BCUT2D eigenvalue weighted by Crippen LogP contribution is -2.04. The Bertz CT molecular complexity index is 1210. The van der Waals surface area contributed by atoms with E-state index >= 15 is 0 Å². The number of ether oxygens (including phenoxy) is 1. The highest BCUT2D eigenvalue weighted by Crippen LogP contribution is 2.35. The van der Waals surface area contributed by atoms with Gasteiger partial charge < -0.3 is 15.2 Å². The number of carboxylic acid groups (broad SMARTS) is 1. The van der Waals surface area contributed by atoms with Gasteiger partial charge in [-0.25, -0.2) is 14.8 Å². The summed E-state index contributed by atoms with van der Waals surface area (Å²) < 4.78 is 5.34. The smallest absolute Gasteiger partial charge is 0.346 e. The van der Waals surface area contributed by atoms with Crippen LogP contribution in [0, 0.1) is 6.92 Å². The fraction of sp³-hybridized carbons (Fsp3) is 0.143. The van der Waals surface area contributed by atoms with Crippen molar-refractivity contribution >= 4 is 44.9 Å². The first-order chi connectivity index (χ1) is 14.6. The molecular formula is C21H17ClN4O3S. The number of rotatable bonds is 7. The number of aromatic nitrogens is 3. The molecule has 0 unspecified atom stereocenters. The monoisotopic (exact) mass is 440 g/mol. The van der Waals surface area contributed by atoms with E-state index in [4.69, 9.17) is 16.3 Å². The molecular weight excluding hydrogens is 424 g/mol. The molecule has 0 aliphatic carbocycles. The number of nitrogens with zero attached hydrogens (tertiary/aromatic N) is 3. The maximum absolute atomic E-state index is 11.6. The molecule has 0 spiro atoms. The molecule has 0 amide bonds. The minimum Gasteiger partial charge on any atom is -0.478 e. The number of hydrogen-bond donors (Lipinski definition) is 2. The Morgan fingerprint density at radius 1 is 1.27 bits per heavy atom. The predicted molar refractivity (Wildman–Crippen MR) is 117 cm³/mol. The summed E-state index contributed by atoms with van der Waals surface area (Å²) in [5.74, 6) is 0.752. The van der Waals surface area contributed by atoms with E-state index in [-0.39, 0.29) is 10.9 Å². The third-order valence-corrected chi connectivity index (χ3v) is 5.77. The summed E-state index contributed by atoms with van der Waals surface area (Å²) >= 11 is 6.78. The second-order valence-electron chi connectivity index (χ2n) is 6.43. The Balaban J connectivity index is 1.76. The summed E-state index contributed by atoms with van der Waals surface area (Å²) in [5.41, 5.74) is 2.36. The van der Waals surface area contributed by atoms with Gasteiger partial charge in [0.1, 0.15) is 21.3 Å². The number of benzene rings is 1. The summed E-state index contributed by atoms with van der Waals surface area (Å²) in [6, 6.07) is 11.3. The molecule has 0 fully saturated rings. The SMILES string of the molecule is Cc1c(C(=O)O)sc2nc(-c3cccnc3)nc(NCc3cccc(OCCl)c3)c12. The molecule has 0 saturated heterocycles. The van der Waals surface area contributed by atoms with Crippen LogP contribution in [0.2, 0.25) is 0 Å². The van der Waals surface area contributed by atoms with Crippen molar-refractivity contribution in [1.82, 2.24) is 15.0 Å². The highest BCUT2D eigenvalue weighted by Gasteiger charge is 2.20. The van der Waals surface area contributed by atoms with Crippen LogP contribution in [0.3, 0.4) is 0 Å². The van der Waals surface area contributed by atoms with Crippen molar-refractivity contribution in [3.8, 4) is 17.1 Å². The highest BCUT2D eigenvalue weighted by atomic mass is 35.5. The van der Waals surface area contributed by atoms with Gasteiger partial charge in [-0.15, -0.1) is 11.3 Å². The number of carbonyl (C=O) groups is 1. The minimum absolute atomic E-state index is 0.0734. The van der Waals surface area contributed by atoms with Gasteiger partial charge in [0.25, 0.3) is 0 Å². The fourth-order valence-corrected chi connectivity index (χ4v) is 4.23. The number of fused-ring (bicyclic) bond motifs is 1. The first-order valence-corrected chi connectivity index (χ1v) is 10.4. The van der Waals surface area contributed by atoms with E-state index in [1.54, 1.807) is 25.4 Å². The Morgan fingerprint density at radius 2 is 2.13 bits per heavy atom. The summed E-state index contributed by atoms with van der Waals surface area (Å²) in [6.07, 6.45) is 3.35. The molecule has 3 aromatic heterocycles. The largest absolute Gasteiger partial charge is 0.478 e. The molecule has 0 radical (unpaired) electrons. The van der Waals surface area contributed by atoms with Crippen LogP contribution in [0.1, 0.15) is 20.8 Å². The molecule has 4 rings (SSSR count). The molecule has 0 aliphatic heterocycles. The molecule has 3 heterocycles. The van der Waals surface area contributed by atoms with Crippen LogP contribution in [0.25, 0.3) is 21.6 Å². The van der Waals surface area contributed by atoms with E-state index in [2.05, 4.69) is 20.3 Å². The number of aryl methyl sites for hydroxylation is 1. The highest BCUT2D eigenvalue weighted by molar-refractivity contribution is 7.20. The van der Waals surface area contributed by atoms with Crippen molar-refractivity contribution in [2.24, 2.45) is 0 Å². The van der Waals surface area contributed by atoms with Gasteiger partial charge >= 0.3 is 5.97 Å². The molecule has 9 heteroatoms. The topological polar surface area (TPSA) is 97.2 Å². The molecule has 7 nitrogen and oxygen atoms in total. The van der Waals surface area contributed by atoms with Gasteiger partial charge in [0, 0.05) is 24.5 Å². The molecule has 30 heavy (non-hydrogen) atoms. The van der Waals surface area contributed by atoms with E-state index in [0.29, 0.717) is 39.7 Å². The van der Waals surface area contributed by atoms with Gasteiger partial charge in [-0.05, 0) is 42.3 Å². The number of halogens is 1. The Morgan fingerprint density at radius 3 is 2.87 bits per heavy atom. The average Bonchev–Trinajstić information content (AvgIpc) is 3.10. The van der Waals surface area contributed by atoms with Gasteiger partial charge in [0.15, 0.2) is 11.9 Å². The van der Waals surface area contributed by atoms with Crippen LogP contribution in [-0.2, 0) is 6.54 Å². The molecule has 2 N–H and O–H groups in total. The van der Waals surface area contributed by atoms with Crippen LogP contribution in [-0.4, -0.2) is 32.1 Å². The van der Waals surface area contributed by atoms with Crippen molar-refractivity contribution < 1.29 is 14.6 Å². The number of nitrogens with one attached hydrogen (secondary N) is 1. The normalized spacial score (nSPS) is 10.9. The molecule has 0 saturated carbocycles. The number of alkyl halides is 1. The third-order valence-electron chi connectivity index (χ3n) is 4.48. The van der Waals surface area contributed by atoms with Gasteiger partial charge in [0.2, 0.25) is 0 Å². The lowest BCUT2D eigenvalue weighted by atomic mass is 10.1. The van der Waals surface area contributed by atoms with E-state index in [1.807, 2.05) is 30.3 Å². The van der Waals surface area contributed by atoms with Crippen LogP contribution in [0.5, 0.6) is 5.75 Å². The minimum atomic E-state index is -0.977. The maximum atomic E-state index is 11.6. The number of anilines is 1. The number of pyridine rings is 1. The molecule has 0 aliphatic rings. The number of hydrogen-bond acceptors (Lipinski definition) is 7. The van der Waals surface area contributed by atoms with Crippen molar-refractivity contribution in [2.75, 3.05) is 11.4 Å². The zero-order chi connectivity index (χ0) is 21.1. The third kappa shape index (κ3) is 4.05. The fourth-order valence-electron chi connectivity index (χ4n) is 3.09. The van der Waals surface area contributed by atoms with Crippen LogP contribution in [0.4, 0.5) is 5.82 Å². The van der Waals surface area contributed by atoms with Crippen LogP contribution < -0.4 is 10.1 Å². The van der Waals surface area contributed by atoms with Crippen molar-refractivity contribution in [2.45, 2.75) is 13.5 Å². The van der Waals surface area contributed by atoms with Crippen molar-refractivity contribution in [3.05, 3.63) is 64.8 Å². The maximum Gasteiger partial charge on any atom is 0.346 e.